The summed E-state index contributed by atoms with van der Waals surface area (Å²) in [7, 11) is 0. The highest BCUT2D eigenvalue weighted by Crippen LogP contribution is 2.59. The van der Waals surface area contributed by atoms with Crippen LogP contribution in [-0.4, -0.2) is 16.7 Å². The van der Waals surface area contributed by atoms with Crippen LogP contribution in [-0.2, 0) is 0 Å². The first-order chi connectivity index (χ1) is 11.4. The number of hydrogen-bond acceptors (Lipinski definition) is 4. The van der Waals surface area contributed by atoms with Crippen molar-refractivity contribution in [2.24, 2.45) is 5.41 Å². The van der Waals surface area contributed by atoms with Crippen LogP contribution in [0.25, 0.3) is 11.0 Å². The molecule has 116 valence electrons. The topological polar surface area (TPSA) is 42.2 Å². The van der Waals surface area contributed by atoms with Gasteiger partial charge in [0.25, 0.3) is 0 Å². The molecule has 0 amide bonds. The molecule has 1 aromatic carbocycles. The van der Waals surface area contributed by atoms with Gasteiger partial charge in [-0.25, -0.2) is 0 Å². The Labute approximate surface area is 135 Å². The molecule has 23 heavy (non-hydrogen) atoms. The number of fused-ring (bicyclic) bond motifs is 1. The predicted octanol–water partition coefficient (Wildman–Crippen LogP) is 4.34. The molecule has 2 fully saturated rings. The monoisotopic (exact) mass is 305 g/mol. The normalized spacial score (nSPS) is 22.6. The van der Waals surface area contributed by atoms with E-state index in [2.05, 4.69) is 45.4 Å². The van der Waals surface area contributed by atoms with Crippen molar-refractivity contribution in [2.75, 3.05) is 11.4 Å². The van der Waals surface area contributed by atoms with Crippen LogP contribution in [0.1, 0.15) is 37.3 Å². The summed E-state index contributed by atoms with van der Waals surface area (Å²) in [6.45, 7) is 1.06. The Hall–Kier alpha value is -2.36. The van der Waals surface area contributed by atoms with E-state index in [4.69, 9.17) is 4.42 Å². The molecule has 3 heterocycles. The van der Waals surface area contributed by atoms with Gasteiger partial charge in [-0.1, -0.05) is 43.2 Å². The van der Waals surface area contributed by atoms with Crippen molar-refractivity contribution in [1.82, 2.24) is 10.2 Å². The Morgan fingerprint density at radius 2 is 1.91 bits per heavy atom. The molecule has 2 aromatic heterocycles. The largest absolute Gasteiger partial charge is 0.460 e. The third kappa shape index (κ3) is 1.84. The third-order valence-electron chi connectivity index (χ3n) is 5.61. The van der Waals surface area contributed by atoms with Gasteiger partial charge in [-0.05, 0) is 24.5 Å². The highest BCUT2D eigenvalue weighted by Gasteiger charge is 2.55. The molecule has 1 aliphatic carbocycles. The summed E-state index contributed by atoms with van der Waals surface area (Å²) in [4.78, 5) is 2.39. The van der Waals surface area contributed by atoms with E-state index in [0.717, 1.165) is 23.3 Å². The molecule has 1 atom stereocenters. The number of furan rings is 1. The molecule has 1 aliphatic heterocycles. The van der Waals surface area contributed by atoms with Crippen molar-refractivity contribution >= 4 is 16.8 Å². The minimum Gasteiger partial charge on any atom is -0.460 e. The van der Waals surface area contributed by atoms with Gasteiger partial charge in [0.15, 0.2) is 11.4 Å². The number of benzene rings is 1. The summed E-state index contributed by atoms with van der Waals surface area (Å²) in [6, 6.07) is 13.2. The van der Waals surface area contributed by atoms with Gasteiger partial charge >= 0.3 is 0 Å². The lowest BCUT2D eigenvalue weighted by molar-refractivity contribution is 0.134. The summed E-state index contributed by atoms with van der Waals surface area (Å²) >= 11 is 0. The molecule has 1 saturated heterocycles. The molecule has 1 saturated carbocycles. The maximum absolute atomic E-state index is 5.70. The van der Waals surface area contributed by atoms with E-state index in [9.17, 15) is 0 Å². The maximum atomic E-state index is 5.70. The summed E-state index contributed by atoms with van der Waals surface area (Å²) in [5.74, 6) is 0.888. The molecule has 0 N–H and O–H groups in total. The van der Waals surface area contributed by atoms with Crippen LogP contribution >= 0.6 is 0 Å². The molecule has 5 rings (SSSR count). The zero-order valence-electron chi connectivity index (χ0n) is 13.0. The first-order valence-corrected chi connectivity index (χ1v) is 8.38. The van der Waals surface area contributed by atoms with Crippen molar-refractivity contribution in [3.05, 3.63) is 54.4 Å². The molecular weight excluding hydrogens is 286 g/mol. The molecule has 1 unspecified atom stereocenters. The lowest BCUT2D eigenvalue weighted by Gasteiger charge is -2.57. The average molecular weight is 305 g/mol. The van der Waals surface area contributed by atoms with Crippen LogP contribution in [0.2, 0.25) is 0 Å². The Kier molecular flexibility index (Phi) is 2.75. The Morgan fingerprint density at radius 1 is 1.09 bits per heavy atom. The SMILES string of the molecule is c1ccc(C2N(c3nncc4ccoc34)CC23CCCC3)cc1. The number of hydrogen-bond donors (Lipinski definition) is 0. The third-order valence-corrected chi connectivity index (χ3v) is 5.61. The molecule has 1 spiro atoms. The number of rotatable bonds is 2. The first-order valence-electron chi connectivity index (χ1n) is 8.38. The molecule has 4 nitrogen and oxygen atoms in total. The second-order valence-corrected chi connectivity index (χ2v) is 6.88. The van der Waals surface area contributed by atoms with Crippen LogP contribution in [0.4, 0.5) is 5.82 Å². The highest BCUT2D eigenvalue weighted by molar-refractivity contribution is 5.86. The van der Waals surface area contributed by atoms with Crippen LogP contribution < -0.4 is 4.90 Å². The summed E-state index contributed by atoms with van der Waals surface area (Å²) < 4.78 is 5.70. The average Bonchev–Trinajstić information content (AvgIpc) is 3.24. The van der Waals surface area contributed by atoms with Crippen molar-refractivity contribution in [3.8, 4) is 0 Å². The second kappa shape index (κ2) is 4.82. The zero-order chi connectivity index (χ0) is 15.3. The molecular formula is C19H19N3O. The van der Waals surface area contributed by atoms with E-state index in [-0.39, 0.29) is 0 Å². The fourth-order valence-electron chi connectivity index (χ4n) is 4.59. The standard InChI is InChI=1S/C19H19N3O/c1-2-6-14(7-3-1)17-19(9-4-5-10-19)13-22(17)18-16-15(8-11-23-16)12-20-21-18/h1-3,6-8,11-12,17H,4-5,9-10,13H2. The summed E-state index contributed by atoms with van der Waals surface area (Å²) in [5.41, 5.74) is 2.64. The Morgan fingerprint density at radius 3 is 2.74 bits per heavy atom. The van der Waals surface area contributed by atoms with Crippen molar-refractivity contribution in [1.29, 1.82) is 0 Å². The van der Waals surface area contributed by atoms with Gasteiger partial charge in [0.1, 0.15) is 0 Å². The number of aromatic nitrogens is 2. The van der Waals surface area contributed by atoms with Crippen molar-refractivity contribution in [3.63, 3.8) is 0 Å². The predicted molar refractivity (Wildman–Crippen MR) is 89.2 cm³/mol. The fourth-order valence-corrected chi connectivity index (χ4v) is 4.59. The molecule has 2 aliphatic rings. The van der Waals surface area contributed by atoms with E-state index in [0.29, 0.717) is 11.5 Å². The molecule has 3 aromatic rings. The quantitative estimate of drug-likeness (QED) is 0.706. The first kappa shape index (κ1) is 13.1. The minimum atomic E-state index is 0.385. The second-order valence-electron chi connectivity index (χ2n) is 6.88. The molecule has 0 bridgehead atoms. The van der Waals surface area contributed by atoms with Gasteiger partial charge < -0.3 is 9.32 Å². The van der Waals surface area contributed by atoms with Crippen LogP contribution in [0.15, 0.2) is 53.3 Å². The Balaban J connectivity index is 1.62. The van der Waals surface area contributed by atoms with E-state index < -0.39 is 0 Å². The van der Waals surface area contributed by atoms with Gasteiger partial charge in [0.05, 0.1) is 18.5 Å². The lowest BCUT2D eigenvalue weighted by atomic mass is 9.67. The van der Waals surface area contributed by atoms with Gasteiger partial charge in [0, 0.05) is 17.3 Å². The van der Waals surface area contributed by atoms with E-state index in [1.54, 1.807) is 12.5 Å². The summed E-state index contributed by atoms with van der Waals surface area (Å²) in [6.07, 6.45) is 8.79. The van der Waals surface area contributed by atoms with E-state index >= 15 is 0 Å². The summed E-state index contributed by atoms with van der Waals surface area (Å²) in [5, 5.41) is 9.62. The van der Waals surface area contributed by atoms with Crippen molar-refractivity contribution < 1.29 is 4.42 Å². The molecule has 4 heteroatoms. The van der Waals surface area contributed by atoms with Gasteiger partial charge in [-0.15, -0.1) is 5.10 Å². The van der Waals surface area contributed by atoms with Gasteiger partial charge in [-0.2, -0.15) is 5.10 Å². The number of nitrogens with zero attached hydrogens (tertiary/aromatic N) is 3. The minimum absolute atomic E-state index is 0.385. The van der Waals surface area contributed by atoms with Crippen LogP contribution in [0, 0.1) is 5.41 Å². The maximum Gasteiger partial charge on any atom is 0.195 e. The van der Waals surface area contributed by atoms with Gasteiger partial charge in [-0.3, -0.25) is 0 Å². The van der Waals surface area contributed by atoms with E-state index in [1.165, 1.54) is 31.2 Å². The highest BCUT2D eigenvalue weighted by atomic mass is 16.3. The fraction of sp³-hybridized carbons (Fsp3) is 0.368. The number of anilines is 1. The molecule has 0 radical (unpaired) electrons. The van der Waals surface area contributed by atoms with Crippen molar-refractivity contribution in [2.45, 2.75) is 31.7 Å². The van der Waals surface area contributed by atoms with E-state index in [1.807, 2.05) is 6.07 Å². The van der Waals surface area contributed by atoms with Crippen LogP contribution in [0.3, 0.4) is 0 Å². The smallest absolute Gasteiger partial charge is 0.195 e. The lowest BCUT2D eigenvalue weighted by Crippen LogP contribution is -2.58. The Bertz CT molecular complexity index is 836. The zero-order valence-corrected chi connectivity index (χ0v) is 13.0. The van der Waals surface area contributed by atoms with Crippen LogP contribution in [0.5, 0.6) is 0 Å². The van der Waals surface area contributed by atoms with Gasteiger partial charge in [0.2, 0.25) is 0 Å².